The Labute approximate surface area is 64.8 Å². The van der Waals surface area contributed by atoms with Crippen LogP contribution in [0.15, 0.2) is 12.7 Å². The topological polar surface area (TPSA) is 3.24 Å². The van der Waals surface area contributed by atoms with E-state index < -0.39 is 8.24 Å². The number of nitrogens with zero attached hydrogens (tertiary/aromatic N) is 1. The van der Waals surface area contributed by atoms with E-state index in [1.807, 2.05) is 6.08 Å². The number of rotatable bonds is 2. The molecule has 2 heteroatoms. The predicted octanol–water partition coefficient (Wildman–Crippen LogP) is 2.08. The summed E-state index contributed by atoms with van der Waals surface area (Å²) in [4.78, 5) is 0. The molecule has 0 aromatic heterocycles. The molecule has 1 aliphatic rings. The molecule has 0 radical (unpaired) electrons. The van der Waals surface area contributed by atoms with Gasteiger partial charge in [0.25, 0.3) is 0 Å². The molecule has 0 spiro atoms. The summed E-state index contributed by atoms with van der Waals surface area (Å²) < 4.78 is 2.62. The molecule has 0 aliphatic carbocycles. The highest BCUT2D eigenvalue weighted by molar-refractivity contribution is 6.75. The molecule has 0 saturated carbocycles. The van der Waals surface area contributed by atoms with Gasteiger partial charge >= 0.3 is 0 Å². The molecule has 1 saturated heterocycles. The van der Waals surface area contributed by atoms with Crippen molar-refractivity contribution in [3.63, 3.8) is 0 Å². The monoisotopic (exact) mass is 155 g/mol. The standard InChI is InChI=1S/C8H17NSi/c1-4-6-9-7-5-8-10(9,2)3/h4H,1,5-8H2,2-3H3. The molecule has 1 aliphatic heterocycles. The highest BCUT2D eigenvalue weighted by Gasteiger charge is 2.32. The van der Waals surface area contributed by atoms with Crippen LogP contribution in [0.4, 0.5) is 0 Å². The van der Waals surface area contributed by atoms with Gasteiger partial charge in [-0.25, -0.2) is 0 Å². The fourth-order valence-corrected chi connectivity index (χ4v) is 4.38. The van der Waals surface area contributed by atoms with E-state index >= 15 is 0 Å². The van der Waals surface area contributed by atoms with Crippen LogP contribution in [0.2, 0.25) is 19.1 Å². The molecule has 58 valence electrons. The average Bonchev–Trinajstić information content (AvgIpc) is 2.13. The van der Waals surface area contributed by atoms with Gasteiger partial charge in [0.15, 0.2) is 0 Å². The van der Waals surface area contributed by atoms with Crippen molar-refractivity contribution in [1.29, 1.82) is 0 Å². The minimum Gasteiger partial charge on any atom is -0.320 e. The van der Waals surface area contributed by atoms with Crippen LogP contribution in [-0.4, -0.2) is 25.9 Å². The summed E-state index contributed by atoms with van der Waals surface area (Å²) in [5, 5.41) is 0. The molecule has 0 aromatic rings. The first-order valence-corrected chi connectivity index (χ1v) is 7.18. The summed E-state index contributed by atoms with van der Waals surface area (Å²) in [6, 6.07) is 1.47. The van der Waals surface area contributed by atoms with Gasteiger partial charge in [0, 0.05) is 6.54 Å². The Balaban J connectivity index is 2.50. The van der Waals surface area contributed by atoms with Crippen molar-refractivity contribution >= 4 is 8.24 Å². The molecule has 10 heavy (non-hydrogen) atoms. The lowest BCUT2D eigenvalue weighted by Crippen LogP contribution is -2.42. The predicted molar refractivity (Wildman–Crippen MR) is 48.7 cm³/mol. The zero-order valence-corrected chi connectivity index (χ0v) is 8.06. The first-order chi connectivity index (χ1) is 4.67. The third kappa shape index (κ3) is 1.50. The smallest absolute Gasteiger partial charge is 0.122 e. The van der Waals surface area contributed by atoms with E-state index in [1.54, 1.807) is 0 Å². The van der Waals surface area contributed by atoms with E-state index in [9.17, 15) is 0 Å². The van der Waals surface area contributed by atoms with Gasteiger partial charge < -0.3 is 4.57 Å². The van der Waals surface area contributed by atoms with Crippen LogP contribution in [0, 0.1) is 0 Å². The Bertz CT molecular complexity index is 131. The van der Waals surface area contributed by atoms with E-state index in [4.69, 9.17) is 0 Å². The lowest BCUT2D eigenvalue weighted by Gasteiger charge is -2.28. The SMILES string of the molecule is C=CCN1CCC[Si]1(C)C. The zero-order chi connectivity index (χ0) is 7.61. The van der Waals surface area contributed by atoms with E-state index in [0.717, 1.165) is 6.54 Å². The molecule has 1 fully saturated rings. The average molecular weight is 155 g/mol. The van der Waals surface area contributed by atoms with Crippen LogP contribution in [-0.2, 0) is 0 Å². The van der Waals surface area contributed by atoms with Crippen molar-refractivity contribution in [3.05, 3.63) is 12.7 Å². The van der Waals surface area contributed by atoms with Crippen LogP contribution in [0.1, 0.15) is 6.42 Å². The first kappa shape index (κ1) is 8.02. The largest absolute Gasteiger partial charge is 0.320 e. The maximum absolute atomic E-state index is 3.77. The van der Waals surface area contributed by atoms with Crippen LogP contribution < -0.4 is 0 Å². The molecule has 0 unspecified atom stereocenters. The van der Waals surface area contributed by atoms with Crippen molar-refractivity contribution in [3.8, 4) is 0 Å². The lowest BCUT2D eigenvalue weighted by molar-refractivity contribution is 0.507. The van der Waals surface area contributed by atoms with Gasteiger partial charge in [0.2, 0.25) is 0 Å². The molecule has 1 nitrogen and oxygen atoms in total. The van der Waals surface area contributed by atoms with Crippen molar-refractivity contribution in [2.75, 3.05) is 13.1 Å². The minimum absolute atomic E-state index is 0.928. The molecule has 0 bridgehead atoms. The van der Waals surface area contributed by atoms with E-state index in [-0.39, 0.29) is 0 Å². The second kappa shape index (κ2) is 2.89. The Morgan fingerprint density at radius 3 is 2.70 bits per heavy atom. The summed E-state index contributed by atoms with van der Waals surface area (Å²) in [5.74, 6) is 0. The normalized spacial score (nSPS) is 25.0. The fraction of sp³-hybridized carbons (Fsp3) is 0.750. The summed E-state index contributed by atoms with van der Waals surface area (Å²) >= 11 is 0. The van der Waals surface area contributed by atoms with Gasteiger partial charge in [-0.2, -0.15) is 0 Å². The molecule has 0 N–H and O–H groups in total. The molecule has 1 rings (SSSR count). The van der Waals surface area contributed by atoms with Crippen molar-refractivity contribution in [1.82, 2.24) is 4.57 Å². The summed E-state index contributed by atoms with van der Waals surface area (Å²) in [7, 11) is -0.928. The van der Waals surface area contributed by atoms with E-state index in [0.29, 0.717) is 0 Å². The second-order valence-corrected chi connectivity index (χ2v) is 8.41. The van der Waals surface area contributed by atoms with Crippen LogP contribution in [0.5, 0.6) is 0 Å². The van der Waals surface area contributed by atoms with Crippen molar-refractivity contribution in [2.24, 2.45) is 0 Å². The number of hydrogen-bond acceptors (Lipinski definition) is 1. The summed E-state index contributed by atoms with van der Waals surface area (Å²) in [5.41, 5.74) is 0. The quantitative estimate of drug-likeness (QED) is 0.436. The summed E-state index contributed by atoms with van der Waals surface area (Å²) in [6.07, 6.45) is 3.44. The first-order valence-electron chi connectivity index (χ1n) is 4.03. The Kier molecular flexibility index (Phi) is 2.31. The highest BCUT2D eigenvalue weighted by Crippen LogP contribution is 2.24. The molecular weight excluding hydrogens is 138 g/mol. The van der Waals surface area contributed by atoms with Gasteiger partial charge in [-0.05, 0) is 19.0 Å². The third-order valence-electron chi connectivity index (χ3n) is 2.42. The van der Waals surface area contributed by atoms with E-state index in [2.05, 4.69) is 24.2 Å². The Morgan fingerprint density at radius 2 is 2.30 bits per heavy atom. The van der Waals surface area contributed by atoms with Gasteiger partial charge in [-0.1, -0.05) is 19.2 Å². The van der Waals surface area contributed by atoms with Crippen LogP contribution >= 0.6 is 0 Å². The van der Waals surface area contributed by atoms with Crippen molar-refractivity contribution < 1.29 is 0 Å². The maximum atomic E-state index is 3.77. The highest BCUT2D eigenvalue weighted by atomic mass is 28.3. The van der Waals surface area contributed by atoms with Crippen LogP contribution in [0.25, 0.3) is 0 Å². The van der Waals surface area contributed by atoms with Crippen LogP contribution in [0.3, 0.4) is 0 Å². The van der Waals surface area contributed by atoms with Gasteiger partial charge in [-0.15, -0.1) is 6.58 Å². The Hall–Kier alpha value is -0.0831. The van der Waals surface area contributed by atoms with Gasteiger partial charge in [0.1, 0.15) is 8.24 Å². The van der Waals surface area contributed by atoms with E-state index in [1.165, 1.54) is 19.0 Å². The lowest BCUT2D eigenvalue weighted by atomic mass is 10.5. The third-order valence-corrected chi connectivity index (χ3v) is 6.12. The maximum Gasteiger partial charge on any atom is 0.122 e. The summed E-state index contributed by atoms with van der Waals surface area (Å²) in [6.45, 7) is 11.1. The minimum atomic E-state index is -0.928. The second-order valence-electron chi connectivity index (χ2n) is 3.65. The molecule has 0 amide bonds. The molecule has 0 aromatic carbocycles. The fourth-order valence-electron chi connectivity index (χ4n) is 1.66. The van der Waals surface area contributed by atoms with Gasteiger partial charge in [-0.3, -0.25) is 0 Å². The zero-order valence-electron chi connectivity index (χ0n) is 7.06. The molecular formula is C8H17NSi. The van der Waals surface area contributed by atoms with Crippen molar-refractivity contribution in [2.45, 2.75) is 25.6 Å². The number of hydrogen-bond donors (Lipinski definition) is 0. The molecule has 1 heterocycles. The molecule has 0 atom stereocenters. The Morgan fingerprint density at radius 1 is 1.60 bits per heavy atom. The van der Waals surface area contributed by atoms with Gasteiger partial charge in [0.05, 0.1) is 0 Å².